The fourth-order valence-corrected chi connectivity index (χ4v) is 4.47. The van der Waals surface area contributed by atoms with Gasteiger partial charge in [0.05, 0.1) is 0 Å². The summed E-state index contributed by atoms with van der Waals surface area (Å²) in [5.41, 5.74) is 0. The van der Waals surface area contributed by atoms with Gasteiger partial charge in [0.2, 0.25) is 11.8 Å². The Hall–Kier alpha value is -1.06. The minimum atomic E-state index is 0.218. The van der Waals surface area contributed by atoms with Gasteiger partial charge in [0.25, 0.3) is 0 Å². The van der Waals surface area contributed by atoms with Crippen LogP contribution in [0.25, 0.3) is 0 Å². The van der Waals surface area contributed by atoms with Crippen LogP contribution in [0.1, 0.15) is 142 Å². The van der Waals surface area contributed by atoms with Crippen molar-refractivity contribution in [3.63, 3.8) is 0 Å². The number of carbonyl (C=O) groups is 2. The van der Waals surface area contributed by atoms with Crippen LogP contribution in [-0.4, -0.2) is 23.9 Å². The summed E-state index contributed by atoms with van der Waals surface area (Å²) in [5.74, 6) is 0.435. The molecule has 2 amide bonds. The monoisotopic (exact) mass is 422 g/mol. The van der Waals surface area contributed by atoms with E-state index in [4.69, 9.17) is 0 Å². The van der Waals surface area contributed by atoms with Gasteiger partial charge in [-0.3, -0.25) is 9.59 Å². The molecule has 30 heavy (non-hydrogen) atoms. The van der Waals surface area contributed by atoms with Gasteiger partial charge in [-0.05, 0) is 38.5 Å². The first-order valence-electron chi connectivity index (χ1n) is 13.2. The molecule has 0 radical (unpaired) electrons. The normalized spacial score (nSPS) is 18.9. The van der Waals surface area contributed by atoms with E-state index in [2.05, 4.69) is 24.5 Å². The molecular formula is C26H50N2O2. The van der Waals surface area contributed by atoms with Crippen LogP contribution in [0.3, 0.4) is 0 Å². The Labute approximate surface area is 186 Å². The predicted molar refractivity (Wildman–Crippen MR) is 128 cm³/mol. The second kappa shape index (κ2) is 18.7. The minimum absolute atomic E-state index is 0.218. The third-order valence-electron chi connectivity index (χ3n) is 6.47. The number of carbonyl (C=O) groups excluding carboxylic acids is 2. The van der Waals surface area contributed by atoms with E-state index >= 15 is 0 Å². The molecule has 0 bridgehead atoms. The standard InChI is InChI=1S/C26H50N2O2/c1-3-5-7-9-11-13-15-17-25(29)27-23-19-21-24(22-20-23)28-26(30)18-16-14-12-10-8-6-4-2/h23-24H,3-22H2,1-2H3,(H,27,29)(H,28,30). The lowest BCUT2D eigenvalue weighted by atomic mass is 9.91. The fourth-order valence-electron chi connectivity index (χ4n) is 4.47. The molecule has 1 aliphatic carbocycles. The van der Waals surface area contributed by atoms with Crippen molar-refractivity contribution in [2.75, 3.05) is 0 Å². The molecule has 0 aromatic carbocycles. The Kier molecular flexibility index (Phi) is 16.8. The summed E-state index contributed by atoms with van der Waals surface area (Å²) in [6.45, 7) is 4.48. The van der Waals surface area contributed by atoms with Crippen molar-refractivity contribution in [3.05, 3.63) is 0 Å². The molecule has 0 atom stereocenters. The lowest BCUT2D eigenvalue weighted by Crippen LogP contribution is -2.43. The molecule has 1 saturated carbocycles. The highest BCUT2D eigenvalue weighted by atomic mass is 16.2. The summed E-state index contributed by atoms with van der Waals surface area (Å²) in [5, 5.41) is 6.43. The van der Waals surface area contributed by atoms with Crippen molar-refractivity contribution in [2.45, 2.75) is 154 Å². The van der Waals surface area contributed by atoms with Gasteiger partial charge in [-0.2, -0.15) is 0 Å². The molecule has 1 fully saturated rings. The van der Waals surface area contributed by atoms with E-state index in [1.165, 1.54) is 77.0 Å². The second-order valence-electron chi connectivity index (χ2n) is 9.43. The number of hydrogen-bond acceptors (Lipinski definition) is 2. The highest BCUT2D eigenvalue weighted by Gasteiger charge is 2.23. The summed E-state index contributed by atoms with van der Waals surface area (Å²) in [7, 11) is 0. The molecule has 0 aromatic rings. The van der Waals surface area contributed by atoms with Crippen LogP contribution in [0.5, 0.6) is 0 Å². The lowest BCUT2D eigenvalue weighted by molar-refractivity contribution is -0.123. The maximum Gasteiger partial charge on any atom is 0.220 e. The summed E-state index contributed by atoms with van der Waals surface area (Å²) in [4.78, 5) is 24.3. The number of amides is 2. The summed E-state index contributed by atoms with van der Waals surface area (Å²) < 4.78 is 0. The van der Waals surface area contributed by atoms with Crippen molar-refractivity contribution in [1.29, 1.82) is 0 Å². The molecule has 0 spiro atoms. The van der Waals surface area contributed by atoms with E-state index in [1.54, 1.807) is 0 Å². The van der Waals surface area contributed by atoms with E-state index in [9.17, 15) is 9.59 Å². The highest BCUT2D eigenvalue weighted by Crippen LogP contribution is 2.19. The fraction of sp³-hybridized carbons (Fsp3) is 0.923. The number of unbranched alkanes of at least 4 members (excludes halogenated alkanes) is 12. The van der Waals surface area contributed by atoms with Gasteiger partial charge in [-0.25, -0.2) is 0 Å². The van der Waals surface area contributed by atoms with Gasteiger partial charge >= 0.3 is 0 Å². The van der Waals surface area contributed by atoms with Crippen molar-refractivity contribution < 1.29 is 9.59 Å². The number of rotatable bonds is 18. The second-order valence-corrected chi connectivity index (χ2v) is 9.43. The van der Waals surface area contributed by atoms with Crippen LogP contribution < -0.4 is 10.6 Å². The van der Waals surface area contributed by atoms with Crippen molar-refractivity contribution in [3.8, 4) is 0 Å². The quantitative estimate of drug-likeness (QED) is 0.238. The van der Waals surface area contributed by atoms with Crippen molar-refractivity contribution >= 4 is 11.8 Å². The van der Waals surface area contributed by atoms with E-state index in [0.717, 1.165) is 38.5 Å². The average Bonchev–Trinajstić information content (AvgIpc) is 2.74. The third kappa shape index (κ3) is 14.8. The van der Waals surface area contributed by atoms with E-state index in [1.807, 2.05) is 0 Å². The van der Waals surface area contributed by atoms with Gasteiger partial charge in [0.15, 0.2) is 0 Å². The molecule has 0 saturated heterocycles. The molecule has 4 heteroatoms. The van der Waals surface area contributed by atoms with E-state index in [0.29, 0.717) is 24.9 Å². The molecule has 2 N–H and O–H groups in total. The molecule has 176 valence electrons. The molecule has 0 aromatic heterocycles. The Morgan fingerprint density at radius 2 is 0.833 bits per heavy atom. The zero-order valence-corrected chi connectivity index (χ0v) is 20.1. The molecule has 0 aliphatic heterocycles. The van der Waals surface area contributed by atoms with Crippen molar-refractivity contribution in [1.82, 2.24) is 10.6 Å². The van der Waals surface area contributed by atoms with Crippen molar-refractivity contribution in [2.24, 2.45) is 0 Å². The van der Waals surface area contributed by atoms with Gasteiger partial charge in [0.1, 0.15) is 0 Å². The average molecular weight is 423 g/mol. The molecule has 1 aliphatic rings. The number of nitrogens with one attached hydrogen (secondary N) is 2. The zero-order chi connectivity index (χ0) is 21.9. The SMILES string of the molecule is CCCCCCCCCC(=O)NC1CCC(NC(=O)CCCCCCCCC)CC1. The van der Waals surface area contributed by atoms with Crippen LogP contribution in [0, 0.1) is 0 Å². The summed E-state index contributed by atoms with van der Waals surface area (Å²) in [6.07, 6.45) is 22.7. The van der Waals surface area contributed by atoms with Crippen LogP contribution in [-0.2, 0) is 9.59 Å². The molecule has 1 rings (SSSR count). The van der Waals surface area contributed by atoms with E-state index in [-0.39, 0.29) is 11.8 Å². The Morgan fingerprint density at radius 1 is 0.533 bits per heavy atom. The predicted octanol–water partition coefficient (Wildman–Crippen LogP) is 6.81. The zero-order valence-electron chi connectivity index (χ0n) is 20.1. The number of hydrogen-bond donors (Lipinski definition) is 2. The third-order valence-corrected chi connectivity index (χ3v) is 6.47. The van der Waals surface area contributed by atoms with Gasteiger partial charge in [-0.15, -0.1) is 0 Å². The molecule has 0 heterocycles. The van der Waals surface area contributed by atoms with Gasteiger partial charge in [0, 0.05) is 24.9 Å². The van der Waals surface area contributed by atoms with Crippen LogP contribution in [0.4, 0.5) is 0 Å². The minimum Gasteiger partial charge on any atom is -0.353 e. The largest absolute Gasteiger partial charge is 0.353 e. The van der Waals surface area contributed by atoms with Crippen LogP contribution >= 0.6 is 0 Å². The maximum absolute atomic E-state index is 12.2. The van der Waals surface area contributed by atoms with E-state index < -0.39 is 0 Å². The topological polar surface area (TPSA) is 58.2 Å². The van der Waals surface area contributed by atoms with Gasteiger partial charge in [-0.1, -0.05) is 90.9 Å². The smallest absolute Gasteiger partial charge is 0.220 e. The van der Waals surface area contributed by atoms with Crippen LogP contribution in [0.2, 0.25) is 0 Å². The first-order valence-corrected chi connectivity index (χ1v) is 13.2. The first-order chi connectivity index (χ1) is 14.7. The van der Waals surface area contributed by atoms with Crippen LogP contribution in [0.15, 0.2) is 0 Å². The van der Waals surface area contributed by atoms with Gasteiger partial charge < -0.3 is 10.6 Å². The Morgan fingerprint density at radius 3 is 1.17 bits per heavy atom. The molecular weight excluding hydrogens is 372 g/mol. The Balaban J connectivity index is 1.99. The Bertz CT molecular complexity index is 391. The highest BCUT2D eigenvalue weighted by molar-refractivity contribution is 5.76. The summed E-state index contributed by atoms with van der Waals surface area (Å²) >= 11 is 0. The lowest BCUT2D eigenvalue weighted by Gasteiger charge is -2.29. The first kappa shape index (κ1) is 27.0. The molecule has 0 unspecified atom stereocenters. The maximum atomic E-state index is 12.2. The summed E-state index contributed by atoms with van der Waals surface area (Å²) in [6, 6.07) is 0.608. The molecule has 4 nitrogen and oxygen atoms in total.